The molecule has 1 atom stereocenters. The molecule has 3 rings (SSSR count). The Labute approximate surface area is 124 Å². The summed E-state index contributed by atoms with van der Waals surface area (Å²) in [7, 11) is 0. The van der Waals surface area contributed by atoms with E-state index in [0.717, 1.165) is 28.2 Å². The lowest BCUT2D eigenvalue weighted by Gasteiger charge is -2.11. The van der Waals surface area contributed by atoms with Gasteiger partial charge in [0.2, 0.25) is 0 Å². The van der Waals surface area contributed by atoms with Crippen LogP contribution in [0.3, 0.4) is 0 Å². The first-order chi connectivity index (χ1) is 10.1. The summed E-state index contributed by atoms with van der Waals surface area (Å²) in [5, 5.41) is 0. The molecule has 3 heteroatoms. The molecule has 0 aromatic heterocycles. The molecule has 2 aromatic carbocycles. The van der Waals surface area contributed by atoms with Crippen molar-refractivity contribution in [1.82, 2.24) is 0 Å². The Morgan fingerprint density at radius 1 is 1.05 bits per heavy atom. The number of carbonyl (C=O) groups is 1. The summed E-state index contributed by atoms with van der Waals surface area (Å²) in [5.41, 5.74) is 2.62. The quantitative estimate of drug-likeness (QED) is 0.782. The average Bonchev–Trinajstić information content (AvgIpc) is 2.69. The Bertz CT molecular complexity index is 676. The lowest BCUT2D eigenvalue weighted by Crippen LogP contribution is -2.12. The highest BCUT2D eigenvalue weighted by Crippen LogP contribution is 2.35. The van der Waals surface area contributed by atoms with Gasteiger partial charge in [-0.3, -0.25) is 4.79 Å². The average molecular weight is 282 g/mol. The standard InChI is InChI=1S/C18H18O3/c1-12-10-20-17-8-7-14(9-18(17)21-11-12)16-6-4-3-5-15(16)13(2)19/h3-9,12H,10-11H2,1-2H3. The van der Waals surface area contributed by atoms with Gasteiger partial charge in [0.1, 0.15) is 0 Å². The van der Waals surface area contributed by atoms with Crippen molar-refractivity contribution in [3.05, 3.63) is 48.0 Å². The molecule has 0 amide bonds. The Morgan fingerprint density at radius 3 is 2.52 bits per heavy atom. The van der Waals surface area contributed by atoms with Gasteiger partial charge in [-0.1, -0.05) is 37.3 Å². The molecular formula is C18H18O3. The number of hydrogen-bond donors (Lipinski definition) is 0. The number of fused-ring (bicyclic) bond motifs is 1. The fourth-order valence-corrected chi connectivity index (χ4v) is 2.46. The van der Waals surface area contributed by atoms with Crippen LogP contribution in [0.4, 0.5) is 0 Å². The van der Waals surface area contributed by atoms with Crippen LogP contribution in [0.2, 0.25) is 0 Å². The molecule has 0 saturated carbocycles. The first kappa shape index (κ1) is 13.7. The SMILES string of the molecule is CC(=O)c1ccccc1-c1ccc2c(c1)OCC(C)CO2. The maximum atomic E-state index is 11.8. The summed E-state index contributed by atoms with van der Waals surface area (Å²) >= 11 is 0. The second-order valence-corrected chi connectivity index (χ2v) is 5.49. The largest absolute Gasteiger partial charge is 0.489 e. The van der Waals surface area contributed by atoms with E-state index in [-0.39, 0.29) is 5.78 Å². The predicted molar refractivity (Wildman–Crippen MR) is 82.0 cm³/mol. The molecule has 1 unspecified atom stereocenters. The minimum atomic E-state index is 0.0614. The van der Waals surface area contributed by atoms with Crippen molar-refractivity contribution >= 4 is 5.78 Å². The van der Waals surface area contributed by atoms with E-state index in [1.807, 2.05) is 42.5 Å². The van der Waals surface area contributed by atoms with E-state index in [9.17, 15) is 4.79 Å². The lowest BCUT2D eigenvalue weighted by atomic mass is 9.97. The minimum Gasteiger partial charge on any atom is -0.489 e. The van der Waals surface area contributed by atoms with E-state index < -0.39 is 0 Å². The van der Waals surface area contributed by atoms with E-state index in [0.29, 0.717) is 19.1 Å². The van der Waals surface area contributed by atoms with Gasteiger partial charge in [0.15, 0.2) is 17.3 Å². The van der Waals surface area contributed by atoms with Crippen LogP contribution in [0.25, 0.3) is 11.1 Å². The normalized spacial score (nSPS) is 17.1. The molecule has 0 radical (unpaired) electrons. The number of hydrogen-bond acceptors (Lipinski definition) is 3. The van der Waals surface area contributed by atoms with Crippen molar-refractivity contribution in [1.29, 1.82) is 0 Å². The molecule has 1 heterocycles. The van der Waals surface area contributed by atoms with Gasteiger partial charge in [-0.15, -0.1) is 0 Å². The highest BCUT2D eigenvalue weighted by molar-refractivity contribution is 6.00. The van der Waals surface area contributed by atoms with Gasteiger partial charge in [0.25, 0.3) is 0 Å². The van der Waals surface area contributed by atoms with Crippen LogP contribution in [0.1, 0.15) is 24.2 Å². The maximum Gasteiger partial charge on any atom is 0.161 e. The van der Waals surface area contributed by atoms with Crippen LogP contribution in [-0.2, 0) is 0 Å². The van der Waals surface area contributed by atoms with Crippen LogP contribution in [0, 0.1) is 5.92 Å². The topological polar surface area (TPSA) is 35.5 Å². The Kier molecular flexibility index (Phi) is 3.65. The summed E-state index contributed by atoms with van der Waals surface area (Å²) in [4.78, 5) is 11.8. The van der Waals surface area contributed by atoms with Crippen molar-refractivity contribution in [2.45, 2.75) is 13.8 Å². The lowest BCUT2D eigenvalue weighted by molar-refractivity contribution is 0.101. The molecule has 1 aliphatic rings. The fraction of sp³-hybridized carbons (Fsp3) is 0.278. The highest BCUT2D eigenvalue weighted by atomic mass is 16.5. The van der Waals surface area contributed by atoms with Crippen LogP contribution in [-0.4, -0.2) is 19.0 Å². The number of benzene rings is 2. The second-order valence-electron chi connectivity index (χ2n) is 5.49. The number of rotatable bonds is 2. The van der Waals surface area contributed by atoms with E-state index in [2.05, 4.69) is 6.92 Å². The summed E-state index contributed by atoms with van der Waals surface area (Å²) in [5.74, 6) is 1.94. The molecule has 0 spiro atoms. The van der Waals surface area contributed by atoms with Crippen molar-refractivity contribution in [2.75, 3.05) is 13.2 Å². The number of ketones is 1. The van der Waals surface area contributed by atoms with Gasteiger partial charge in [-0.25, -0.2) is 0 Å². The van der Waals surface area contributed by atoms with E-state index in [1.165, 1.54) is 0 Å². The fourth-order valence-electron chi connectivity index (χ4n) is 2.46. The van der Waals surface area contributed by atoms with Gasteiger partial charge in [0.05, 0.1) is 13.2 Å². The minimum absolute atomic E-state index is 0.0614. The summed E-state index contributed by atoms with van der Waals surface area (Å²) < 4.78 is 11.6. The first-order valence-electron chi connectivity index (χ1n) is 7.15. The Balaban J connectivity index is 2.04. The monoisotopic (exact) mass is 282 g/mol. The summed E-state index contributed by atoms with van der Waals surface area (Å²) in [6.07, 6.45) is 0. The van der Waals surface area contributed by atoms with Gasteiger partial charge in [-0.2, -0.15) is 0 Å². The molecule has 2 aromatic rings. The molecule has 108 valence electrons. The summed E-state index contributed by atoms with van der Waals surface area (Å²) in [6.45, 7) is 4.99. The van der Waals surface area contributed by atoms with Crippen LogP contribution >= 0.6 is 0 Å². The van der Waals surface area contributed by atoms with Crippen LogP contribution < -0.4 is 9.47 Å². The Hall–Kier alpha value is -2.29. The van der Waals surface area contributed by atoms with Crippen LogP contribution in [0.15, 0.2) is 42.5 Å². The van der Waals surface area contributed by atoms with Gasteiger partial charge in [-0.05, 0) is 30.2 Å². The second kappa shape index (κ2) is 5.60. The van der Waals surface area contributed by atoms with Gasteiger partial charge in [0, 0.05) is 11.5 Å². The number of carbonyl (C=O) groups excluding carboxylic acids is 1. The Morgan fingerprint density at radius 2 is 1.76 bits per heavy atom. The zero-order valence-corrected chi connectivity index (χ0v) is 12.3. The molecule has 0 N–H and O–H groups in total. The molecule has 0 saturated heterocycles. The smallest absolute Gasteiger partial charge is 0.161 e. The zero-order valence-electron chi connectivity index (χ0n) is 12.3. The van der Waals surface area contributed by atoms with E-state index in [4.69, 9.17) is 9.47 Å². The summed E-state index contributed by atoms with van der Waals surface area (Å²) in [6, 6.07) is 13.5. The van der Waals surface area contributed by atoms with Crippen molar-refractivity contribution in [3.8, 4) is 22.6 Å². The molecule has 0 aliphatic carbocycles. The third kappa shape index (κ3) is 2.77. The molecule has 0 fully saturated rings. The molecule has 0 bridgehead atoms. The predicted octanol–water partition coefficient (Wildman–Crippen LogP) is 3.96. The van der Waals surface area contributed by atoms with Gasteiger partial charge < -0.3 is 9.47 Å². The molecule has 3 nitrogen and oxygen atoms in total. The first-order valence-corrected chi connectivity index (χ1v) is 7.15. The zero-order chi connectivity index (χ0) is 14.8. The van der Waals surface area contributed by atoms with Crippen molar-refractivity contribution in [3.63, 3.8) is 0 Å². The molecule has 1 aliphatic heterocycles. The molecule has 21 heavy (non-hydrogen) atoms. The van der Waals surface area contributed by atoms with Crippen molar-refractivity contribution in [2.24, 2.45) is 5.92 Å². The number of ether oxygens (including phenoxy) is 2. The highest BCUT2D eigenvalue weighted by Gasteiger charge is 2.17. The third-order valence-electron chi connectivity index (χ3n) is 3.61. The molecular weight excluding hydrogens is 264 g/mol. The van der Waals surface area contributed by atoms with E-state index in [1.54, 1.807) is 6.92 Å². The van der Waals surface area contributed by atoms with Gasteiger partial charge >= 0.3 is 0 Å². The number of Topliss-reactive ketones (excluding diaryl/α,β-unsaturated/α-hetero) is 1. The van der Waals surface area contributed by atoms with E-state index >= 15 is 0 Å². The van der Waals surface area contributed by atoms with Crippen LogP contribution in [0.5, 0.6) is 11.5 Å². The van der Waals surface area contributed by atoms with Crippen molar-refractivity contribution < 1.29 is 14.3 Å². The maximum absolute atomic E-state index is 11.8. The third-order valence-corrected chi connectivity index (χ3v) is 3.61.